The zero-order valence-corrected chi connectivity index (χ0v) is 17.9. The molecule has 1 aliphatic heterocycles. The highest BCUT2D eigenvalue weighted by Gasteiger charge is 2.26. The number of aryl methyl sites for hydroxylation is 2. The lowest BCUT2D eigenvalue weighted by Gasteiger charge is -2.23. The highest BCUT2D eigenvalue weighted by Crippen LogP contribution is 2.34. The van der Waals surface area contributed by atoms with Gasteiger partial charge in [0, 0.05) is 6.61 Å². The number of hydrogen-bond donors (Lipinski definition) is 0. The van der Waals surface area contributed by atoms with Crippen molar-refractivity contribution in [2.24, 2.45) is 0 Å². The van der Waals surface area contributed by atoms with Gasteiger partial charge in [-0.1, -0.05) is 35.6 Å². The third kappa shape index (κ3) is 4.28. The highest BCUT2D eigenvalue weighted by atomic mass is 32.1. The molecule has 0 unspecified atom stereocenters. The summed E-state index contributed by atoms with van der Waals surface area (Å²) in [5.74, 6) is 0.828. The molecule has 3 aromatic rings. The average Bonchev–Trinajstić information content (AvgIpc) is 3.40. The van der Waals surface area contributed by atoms with Crippen molar-refractivity contribution in [2.75, 3.05) is 25.2 Å². The Hall–Kier alpha value is -2.44. The minimum atomic E-state index is 0.0417. The van der Waals surface area contributed by atoms with Crippen molar-refractivity contribution >= 4 is 32.6 Å². The predicted molar refractivity (Wildman–Crippen MR) is 117 cm³/mol. The van der Waals surface area contributed by atoms with Gasteiger partial charge in [0.1, 0.15) is 5.75 Å². The summed E-state index contributed by atoms with van der Waals surface area (Å²) in [6.07, 6.45) is 2.42. The summed E-state index contributed by atoms with van der Waals surface area (Å²) in [7, 11) is 1.64. The van der Waals surface area contributed by atoms with E-state index in [2.05, 4.69) is 26.0 Å². The summed E-state index contributed by atoms with van der Waals surface area (Å²) < 4.78 is 12.2. The lowest BCUT2D eigenvalue weighted by Crippen LogP contribution is -2.38. The zero-order valence-electron chi connectivity index (χ0n) is 17.1. The molecule has 0 spiro atoms. The molecule has 5 nitrogen and oxygen atoms in total. The van der Waals surface area contributed by atoms with Crippen LogP contribution in [-0.2, 0) is 16.0 Å². The summed E-state index contributed by atoms with van der Waals surface area (Å²) >= 11 is 1.59. The Bertz CT molecular complexity index is 968. The number of ether oxygens (including phenoxy) is 2. The molecule has 2 aromatic carbocycles. The molecular formula is C23H26N2O3S. The number of rotatable bonds is 6. The van der Waals surface area contributed by atoms with Crippen LogP contribution in [0.25, 0.3) is 10.2 Å². The maximum Gasteiger partial charge on any atom is 0.233 e. The molecule has 1 saturated heterocycles. The van der Waals surface area contributed by atoms with E-state index in [0.717, 1.165) is 51.7 Å². The average molecular weight is 411 g/mol. The molecule has 2 heterocycles. The number of methoxy groups -OCH3 is 1. The Morgan fingerprint density at radius 2 is 1.97 bits per heavy atom. The van der Waals surface area contributed by atoms with Gasteiger partial charge in [-0.25, -0.2) is 4.98 Å². The molecule has 1 aliphatic rings. The van der Waals surface area contributed by atoms with Crippen molar-refractivity contribution in [1.29, 1.82) is 0 Å². The monoisotopic (exact) mass is 410 g/mol. The summed E-state index contributed by atoms with van der Waals surface area (Å²) in [6.45, 7) is 5.47. The predicted octanol–water partition coefficient (Wildman–Crippen LogP) is 4.68. The number of thiazole rings is 1. The van der Waals surface area contributed by atoms with E-state index in [1.165, 1.54) is 5.56 Å². The lowest BCUT2D eigenvalue weighted by molar-refractivity contribution is -0.118. The van der Waals surface area contributed by atoms with E-state index in [1.807, 2.05) is 29.2 Å². The molecule has 1 atom stereocenters. The van der Waals surface area contributed by atoms with Crippen molar-refractivity contribution < 1.29 is 14.3 Å². The Labute approximate surface area is 175 Å². The second kappa shape index (κ2) is 8.51. The second-order valence-electron chi connectivity index (χ2n) is 7.54. The molecule has 1 fully saturated rings. The highest BCUT2D eigenvalue weighted by molar-refractivity contribution is 7.22. The number of amides is 1. The van der Waals surface area contributed by atoms with Crippen molar-refractivity contribution in [3.05, 3.63) is 53.1 Å². The molecule has 1 aromatic heterocycles. The van der Waals surface area contributed by atoms with Crippen LogP contribution in [0.4, 0.5) is 5.13 Å². The normalized spacial score (nSPS) is 16.3. The molecule has 0 radical (unpaired) electrons. The fourth-order valence-corrected chi connectivity index (χ4v) is 4.79. The molecule has 6 heteroatoms. The van der Waals surface area contributed by atoms with Crippen LogP contribution in [0.5, 0.6) is 5.75 Å². The SMILES string of the molecule is COc1ccc(CC(=O)N(C[C@H]2CCCO2)c2nc3c(C)ccc(C)c3s2)cc1. The van der Waals surface area contributed by atoms with Gasteiger partial charge in [0.15, 0.2) is 5.13 Å². The Balaban J connectivity index is 1.64. The van der Waals surface area contributed by atoms with Crippen LogP contribution in [0.15, 0.2) is 36.4 Å². The first-order valence-electron chi connectivity index (χ1n) is 9.97. The molecule has 0 bridgehead atoms. The van der Waals surface area contributed by atoms with Gasteiger partial charge < -0.3 is 9.47 Å². The van der Waals surface area contributed by atoms with Crippen molar-refractivity contribution in [3.8, 4) is 5.75 Å². The molecule has 4 rings (SSSR count). The van der Waals surface area contributed by atoms with Crippen molar-refractivity contribution in [1.82, 2.24) is 4.98 Å². The number of benzene rings is 2. The van der Waals surface area contributed by atoms with E-state index < -0.39 is 0 Å². The van der Waals surface area contributed by atoms with Crippen molar-refractivity contribution in [2.45, 2.75) is 39.2 Å². The first-order chi connectivity index (χ1) is 14.0. The van der Waals surface area contributed by atoms with Crippen LogP contribution < -0.4 is 9.64 Å². The van der Waals surface area contributed by atoms with Gasteiger partial charge in [-0.15, -0.1) is 0 Å². The van der Waals surface area contributed by atoms with E-state index in [4.69, 9.17) is 14.5 Å². The van der Waals surface area contributed by atoms with Crippen LogP contribution in [0, 0.1) is 13.8 Å². The molecule has 0 aliphatic carbocycles. The Kier molecular flexibility index (Phi) is 5.83. The van der Waals surface area contributed by atoms with E-state index in [0.29, 0.717) is 13.0 Å². The first-order valence-corrected chi connectivity index (χ1v) is 10.8. The van der Waals surface area contributed by atoms with Crippen LogP contribution in [0.2, 0.25) is 0 Å². The molecule has 152 valence electrons. The first kappa shape index (κ1) is 19.9. The van der Waals surface area contributed by atoms with Crippen LogP contribution in [0.3, 0.4) is 0 Å². The number of fused-ring (bicyclic) bond motifs is 1. The summed E-state index contributed by atoms with van der Waals surface area (Å²) in [4.78, 5) is 20.0. The summed E-state index contributed by atoms with van der Waals surface area (Å²) in [6, 6.07) is 11.9. The van der Waals surface area contributed by atoms with E-state index in [-0.39, 0.29) is 12.0 Å². The minimum absolute atomic E-state index is 0.0417. The van der Waals surface area contributed by atoms with Gasteiger partial charge in [0.25, 0.3) is 0 Å². The number of anilines is 1. The third-order valence-electron chi connectivity index (χ3n) is 5.39. The number of aromatic nitrogens is 1. The Morgan fingerprint density at radius 1 is 1.21 bits per heavy atom. The zero-order chi connectivity index (χ0) is 20.4. The Morgan fingerprint density at radius 3 is 2.62 bits per heavy atom. The molecule has 0 saturated carbocycles. The fraction of sp³-hybridized carbons (Fsp3) is 0.391. The lowest BCUT2D eigenvalue weighted by atomic mass is 10.1. The number of carbonyl (C=O) groups is 1. The van der Waals surface area contributed by atoms with E-state index in [1.54, 1.807) is 18.4 Å². The summed E-state index contributed by atoms with van der Waals surface area (Å²) in [5, 5.41) is 0.756. The number of nitrogens with zero attached hydrogens (tertiary/aromatic N) is 2. The van der Waals surface area contributed by atoms with Crippen molar-refractivity contribution in [3.63, 3.8) is 0 Å². The van der Waals surface area contributed by atoms with Crippen LogP contribution in [0.1, 0.15) is 29.5 Å². The molecule has 1 amide bonds. The van der Waals surface area contributed by atoms with Crippen LogP contribution >= 0.6 is 11.3 Å². The second-order valence-corrected chi connectivity index (χ2v) is 8.52. The van der Waals surface area contributed by atoms with Gasteiger partial charge in [0.2, 0.25) is 5.91 Å². The molecular weight excluding hydrogens is 384 g/mol. The maximum atomic E-state index is 13.3. The van der Waals surface area contributed by atoms with Gasteiger partial charge in [-0.05, 0) is 55.5 Å². The summed E-state index contributed by atoms with van der Waals surface area (Å²) in [5.41, 5.74) is 4.27. The largest absolute Gasteiger partial charge is 0.497 e. The topological polar surface area (TPSA) is 51.7 Å². The molecule has 0 N–H and O–H groups in total. The van der Waals surface area contributed by atoms with Gasteiger partial charge in [0.05, 0.1) is 36.4 Å². The van der Waals surface area contributed by atoms with Gasteiger partial charge in [-0.2, -0.15) is 0 Å². The smallest absolute Gasteiger partial charge is 0.233 e. The standard InChI is InChI=1S/C23H26N2O3S/c1-15-6-7-16(2)22-21(15)24-23(29-22)25(14-19-5-4-12-28-19)20(26)13-17-8-10-18(27-3)11-9-17/h6-11,19H,4-5,12-14H2,1-3H3/t19-/m1/s1. The third-order valence-corrected chi connectivity index (χ3v) is 6.60. The number of hydrogen-bond acceptors (Lipinski definition) is 5. The quantitative estimate of drug-likeness (QED) is 0.592. The molecule has 29 heavy (non-hydrogen) atoms. The fourth-order valence-electron chi connectivity index (χ4n) is 3.66. The van der Waals surface area contributed by atoms with Gasteiger partial charge in [-0.3, -0.25) is 9.69 Å². The van der Waals surface area contributed by atoms with Crippen LogP contribution in [-0.4, -0.2) is 37.3 Å². The van der Waals surface area contributed by atoms with Gasteiger partial charge >= 0.3 is 0 Å². The van der Waals surface area contributed by atoms with E-state index in [9.17, 15) is 4.79 Å². The van der Waals surface area contributed by atoms with E-state index >= 15 is 0 Å². The minimum Gasteiger partial charge on any atom is -0.497 e. The number of carbonyl (C=O) groups excluding carboxylic acids is 1. The maximum absolute atomic E-state index is 13.3.